The van der Waals surface area contributed by atoms with Crippen molar-refractivity contribution in [2.75, 3.05) is 86.3 Å². The molecule has 0 radical (unpaired) electrons. The number of ketones is 3. The van der Waals surface area contributed by atoms with Crippen LogP contribution in [0.3, 0.4) is 0 Å². The molecule has 4 heterocycles. The number of ether oxygens (including phenoxy) is 11. The first kappa shape index (κ1) is 82.1. The highest BCUT2D eigenvalue weighted by Crippen LogP contribution is 2.41. The summed E-state index contributed by atoms with van der Waals surface area (Å²) in [4.78, 5) is 112. The Kier molecular flexibility index (Phi) is 37.1. The quantitative estimate of drug-likeness (QED) is 0.0117. The van der Waals surface area contributed by atoms with Gasteiger partial charge in [-0.05, 0) is 6.42 Å². The summed E-state index contributed by atoms with van der Waals surface area (Å²) in [6, 6.07) is 0. The van der Waals surface area contributed by atoms with Crippen molar-refractivity contribution in [2.45, 2.75) is 197 Å². The molecule has 38 heteroatoms. The van der Waals surface area contributed by atoms with Gasteiger partial charge in [0.2, 0.25) is 29.5 Å². The average molecular weight is 1380 g/mol. The van der Waals surface area contributed by atoms with Gasteiger partial charge in [-0.2, -0.15) is 0 Å². The van der Waals surface area contributed by atoms with Crippen LogP contribution in [0.5, 0.6) is 0 Å². The molecular weight excluding hydrogens is 1290 g/mol. The van der Waals surface area contributed by atoms with Crippen LogP contribution >= 0.6 is 7.82 Å². The van der Waals surface area contributed by atoms with Crippen LogP contribution in [0.2, 0.25) is 0 Å². The summed E-state index contributed by atoms with van der Waals surface area (Å²) in [5, 5.41) is 102. The molecule has 4 fully saturated rings. The highest BCUT2D eigenvalue weighted by molar-refractivity contribution is 7.47. The third-order valence-corrected chi connectivity index (χ3v) is 16.5. The molecule has 0 aromatic heterocycles. The zero-order chi connectivity index (χ0) is 69.7. The highest BCUT2D eigenvalue weighted by atomic mass is 31.2. The average Bonchev–Trinajstić information content (AvgIpc) is 0.839. The minimum absolute atomic E-state index is 0.00712. The standard InChI is InChI=1S/C56H96N5O32P/c1-29-41(70)44(73)49(76)90-52(29)84-21-12-34(63)8-6-7-33(62)11-20-82-47-32(4)55(87-25-18-59-39(68)27-40(69)60-19-26-89-94(79,80)81-5)93-56(86-24-15-38(67)57-16-9-35(64)13-22-85-53-30(2)42(71)45(74)50(77)91-53)48(47)83-23-14-37(66)58-17-10-36(65)61-28-88-54-31(3)43(72)46(75)51(78)92-54/h29-32,41-56,70-78H,6-28H2,1-5H3,(H,57,67)(H,58,66)(H,59,68)(H,60,69)(H,61,65)(H,79,80)/t29-,30-,31-,32-,41+,42+,43+,44?,45?,46?,47+,48?,49?,50?,51?,52?,53?,54?,55?,56?/m0/s1. The van der Waals surface area contributed by atoms with Gasteiger partial charge in [0.25, 0.3) is 0 Å². The van der Waals surface area contributed by atoms with Crippen molar-refractivity contribution in [3.05, 3.63) is 0 Å². The summed E-state index contributed by atoms with van der Waals surface area (Å²) in [7, 11) is -3.33. The summed E-state index contributed by atoms with van der Waals surface area (Å²) >= 11 is 0. The van der Waals surface area contributed by atoms with Crippen molar-refractivity contribution in [1.29, 1.82) is 0 Å². The monoisotopic (exact) mass is 1380 g/mol. The third kappa shape index (κ3) is 28.6. The first-order valence-corrected chi connectivity index (χ1v) is 32.5. The first-order valence-electron chi connectivity index (χ1n) is 31.0. The van der Waals surface area contributed by atoms with Gasteiger partial charge in [0.05, 0.1) is 77.1 Å². The molecule has 15 N–H and O–H groups in total. The van der Waals surface area contributed by atoms with Crippen molar-refractivity contribution >= 4 is 54.7 Å². The van der Waals surface area contributed by atoms with Crippen LogP contribution in [-0.2, 0) is 104 Å². The molecule has 542 valence electrons. The van der Waals surface area contributed by atoms with Gasteiger partial charge >= 0.3 is 7.82 Å². The number of aliphatic hydroxyl groups excluding tert-OH is 9. The largest absolute Gasteiger partial charge is 0.471 e. The van der Waals surface area contributed by atoms with E-state index in [1.807, 2.05) is 0 Å². The normalized spacial score (nSPS) is 31.7. The van der Waals surface area contributed by atoms with Gasteiger partial charge in [0, 0.05) is 108 Å². The molecule has 4 rings (SSSR count). The number of carbonyl (C=O) groups excluding carboxylic acids is 8. The molecule has 0 saturated carbocycles. The van der Waals surface area contributed by atoms with Crippen LogP contribution in [0, 0.1) is 23.7 Å². The molecule has 0 bridgehead atoms. The fourth-order valence-corrected chi connectivity index (χ4v) is 10.1. The molecule has 0 aliphatic carbocycles. The lowest BCUT2D eigenvalue weighted by molar-refractivity contribution is -0.347. The van der Waals surface area contributed by atoms with E-state index >= 15 is 0 Å². The Hall–Kier alpha value is -4.33. The van der Waals surface area contributed by atoms with Gasteiger partial charge < -0.3 is 130 Å². The van der Waals surface area contributed by atoms with E-state index in [4.69, 9.17) is 52.1 Å². The van der Waals surface area contributed by atoms with E-state index in [9.17, 15) is 93.8 Å². The molecular formula is C56H96N5O32P. The molecule has 37 nitrogen and oxygen atoms in total. The zero-order valence-electron chi connectivity index (χ0n) is 53.2. The molecule has 13 unspecified atom stereocenters. The number of rotatable bonds is 44. The van der Waals surface area contributed by atoms with Crippen molar-refractivity contribution in [3.8, 4) is 0 Å². The molecule has 4 aliphatic heterocycles. The van der Waals surface area contributed by atoms with Crippen molar-refractivity contribution in [1.82, 2.24) is 26.6 Å². The second-order valence-corrected chi connectivity index (χ2v) is 24.3. The van der Waals surface area contributed by atoms with Gasteiger partial charge in [0.15, 0.2) is 50.3 Å². The molecule has 5 amide bonds. The maximum atomic E-state index is 13.2. The van der Waals surface area contributed by atoms with Crippen LogP contribution in [-0.4, -0.2) is 283 Å². The number of nitrogens with one attached hydrogen (secondary N) is 5. The Labute approximate surface area is 542 Å². The van der Waals surface area contributed by atoms with Gasteiger partial charge in [-0.3, -0.25) is 47.4 Å². The molecule has 0 spiro atoms. The molecule has 0 aromatic carbocycles. The van der Waals surface area contributed by atoms with E-state index < -0.39 is 180 Å². The van der Waals surface area contributed by atoms with E-state index in [1.165, 1.54) is 13.8 Å². The maximum absolute atomic E-state index is 13.2. The number of Topliss-reactive ketones (excluding diaryl/α,β-unsaturated/α-hetero) is 3. The second kappa shape index (κ2) is 42.5. The van der Waals surface area contributed by atoms with Gasteiger partial charge in [-0.25, -0.2) is 4.57 Å². The molecule has 21 atom stereocenters. The number of carbonyl (C=O) groups is 8. The number of phosphoric ester groups is 1. The predicted octanol–water partition coefficient (Wildman–Crippen LogP) is -5.44. The Morgan fingerprint density at radius 2 is 0.745 bits per heavy atom. The Bertz CT molecular complexity index is 2410. The van der Waals surface area contributed by atoms with Gasteiger partial charge in [-0.1, -0.05) is 27.7 Å². The predicted molar refractivity (Wildman–Crippen MR) is 312 cm³/mol. The fourth-order valence-electron chi connectivity index (χ4n) is 9.68. The summed E-state index contributed by atoms with van der Waals surface area (Å²) < 4.78 is 83.4. The lowest BCUT2D eigenvalue weighted by atomic mass is 9.95. The van der Waals surface area contributed by atoms with Crippen molar-refractivity contribution < 1.29 is 155 Å². The minimum atomic E-state index is -4.29. The number of phosphoric acid groups is 1. The van der Waals surface area contributed by atoms with Crippen molar-refractivity contribution in [2.24, 2.45) is 23.7 Å². The zero-order valence-corrected chi connectivity index (χ0v) is 54.1. The molecule has 4 aliphatic rings. The Balaban J connectivity index is 1.37. The number of hydrogen-bond donors (Lipinski definition) is 15. The summed E-state index contributed by atoms with van der Waals surface area (Å²) in [6.45, 7) is 3.45. The highest BCUT2D eigenvalue weighted by Gasteiger charge is 2.48. The van der Waals surface area contributed by atoms with E-state index in [0.717, 1.165) is 7.11 Å². The third-order valence-electron chi connectivity index (χ3n) is 15.5. The summed E-state index contributed by atoms with van der Waals surface area (Å²) in [5.74, 6) is -6.95. The van der Waals surface area contributed by atoms with Crippen LogP contribution in [0.25, 0.3) is 0 Å². The van der Waals surface area contributed by atoms with E-state index in [0.29, 0.717) is 0 Å². The second-order valence-electron chi connectivity index (χ2n) is 22.8. The van der Waals surface area contributed by atoms with Crippen LogP contribution in [0.4, 0.5) is 0 Å². The van der Waals surface area contributed by atoms with Gasteiger partial charge in [0.1, 0.15) is 54.9 Å². The molecule has 94 heavy (non-hydrogen) atoms. The molecule has 4 saturated heterocycles. The number of aliphatic hydroxyl groups is 9. The maximum Gasteiger partial charge on any atom is 0.471 e. The van der Waals surface area contributed by atoms with Crippen molar-refractivity contribution in [3.63, 3.8) is 0 Å². The van der Waals surface area contributed by atoms with E-state index in [2.05, 4.69) is 35.6 Å². The minimum Gasteiger partial charge on any atom is -0.390 e. The molecule has 0 aromatic rings. The summed E-state index contributed by atoms with van der Waals surface area (Å²) in [6.07, 6.45) is -23.7. The Morgan fingerprint density at radius 1 is 0.372 bits per heavy atom. The fraction of sp³-hybridized carbons (Fsp3) is 0.857. The lowest BCUT2D eigenvalue weighted by Crippen LogP contribution is -2.57. The van der Waals surface area contributed by atoms with E-state index in [1.54, 1.807) is 13.8 Å². The van der Waals surface area contributed by atoms with Crippen LogP contribution in [0.15, 0.2) is 0 Å². The van der Waals surface area contributed by atoms with Crippen LogP contribution < -0.4 is 26.6 Å². The smallest absolute Gasteiger partial charge is 0.390 e. The van der Waals surface area contributed by atoms with Crippen LogP contribution in [0.1, 0.15) is 98.3 Å². The van der Waals surface area contributed by atoms with Gasteiger partial charge in [-0.15, -0.1) is 0 Å². The number of hydrogen-bond acceptors (Lipinski definition) is 31. The lowest BCUT2D eigenvalue weighted by Gasteiger charge is -2.44. The SMILES string of the molecule is COP(=O)(O)OCCNC(=O)CC(=O)NCCOC1OC(OCCC(=O)NCCC(=O)CCOC2OC(O)C(O)[C@H](O)[C@@H]2C)C(OCCC(=O)NCCC(=O)NCOC2OC(O)C(O)[C@H](O)[C@@H]2C)[C@H](OCCC(=O)CCCC(=O)CCOC2OC(O)C(O)[C@H](O)[C@@H]2C)[C@@H]1C. The number of amides is 5. The van der Waals surface area contributed by atoms with E-state index in [-0.39, 0.29) is 147 Å². The summed E-state index contributed by atoms with van der Waals surface area (Å²) in [5.41, 5.74) is 0. The Morgan fingerprint density at radius 3 is 1.24 bits per heavy atom. The first-order chi connectivity index (χ1) is 44.5. The topological polar surface area (TPSA) is 536 Å².